The van der Waals surface area contributed by atoms with Crippen LogP contribution in [0.15, 0.2) is 172 Å². The summed E-state index contributed by atoms with van der Waals surface area (Å²) in [5.74, 6) is 0. The molecule has 0 amide bonds. The van der Waals surface area contributed by atoms with Crippen molar-refractivity contribution in [2.75, 3.05) is 53.9 Å². The van der Waals surface area contributed by atoms with E-state index in [4.69, 9.17) is 28.1 Å². The van der Waals surface area contributed by atoms with E-state index < -0.39 is 0 Å². The van der Waals surface area contributed by atoms with Crippen LogP contribution in [0.2, 0.25) is 0 Å². The summed E-state index contributed by atoms with van der Waals surface area (Å²) in [5.41, 5.74) is 23.6. The van der Waals surface area contributed by atoms with Gasteiger partial charge in [-0.05, 0) is 211 Å². The van der Waals surface area contributed by atoms with E-state index in [1.807, 2.05) is 0 Å². The van der Waals surface area contributed by atoms with Gasteiger partial charge in [-0.3, -0.25) is 0 Å². The molecule has 2 fully saturated rings. The van der Waals surface area contributed by atoms with Crippen LogP contribution in [0.1, 0.15) is 174 Å². The molecule has 0 unspecified atom stereocenters. The molecule has 4 aliphatic carbocycles. The number of hydrogen-bond donors (Lipinski definition) is 0. The van der Waals surface area contributed by atoms with Gasteiger partial charge in [-0.15, -0.1) is 0 Å². The average Bonchev–Trinajstić information content (AvgIpc) is 1.51. The third-order valence-corrected chi connectivity index (χ3v) is 23.4. The van der Waals surface area contributed by atoms with E-state index in [2.05, 4.69) is 255 Å². The van der Waals surface area contributed by atoms with Crippen LogP contribution in [0, 0.1) is 0 Å². The third-order valence-electron chi connectivity index (χ3n) is 20.4. The molecule has 14 rings (SSSR count). The van der Waals surface area contributed by atoms with Gasteiger partial charge in [0.15, 0.2) is 0 Å². The van der Waals surface area contributed by atoms with E-state index >= 15 is 0 Å². The Hall–Kier alpha value is -3.47. The zero-order valence-electron chi connectivity index (χ0n) is 54.2. The van der Waals surface area contributed by atoms with Gasteiger partial charge in [0.1, 0.15) is 0 Å². The minimum absolute atomic E-state index is 0.00946. The van der Waals surface area contributed by atoms with Crippen molar-refractivity contribution in [1.82, 2.24) is 0 Å². The second-order valence-electron chi connectivity index (χ2n) is 26.0. The Morgan fingerprint density at radius 2 is 0.581 bits per heavy atom. The first-order valence-electron chi connectivity index (χ1n) is 33.9. The highest BCUT2D eigenvalue weighted by Crippen LogP contribution is 2.64. The van der Waals surface area contributed by atoms with Gasteiger partial charge in [-0.25, -0.2) is 0 Å². The molecule has 8 aromatic carbocycles. The molecular weight excluding hydrogens is 1550 g/mol. The van der Waals surface area contributed by atoms with E-state index in [1.165, 1.54) is 190 Å². The molecule has 93 heavy (non-hydrogen) atoms. The first-order valence-corrected chi connectivity index (χ1v) is 38.7. The van der Waals surface area contributed by atoms with Crippen LogP contribution >= 0.6 is 95.6 Å². The summed E-state index contributed by atoms with van der Waals surface area (Å²) in [4.78, 5) is 0. The largest absolute Gasteiger partial charge is 0.493 e. The molecule has 2 saturated heterocycles. The Labute approximate surface area is 604 Å². The summed E-state index contributed by atoms with van der Waals surface area (Å²) < 4.78 is 41.8. The van der Waals surface area contributed by atoms with Gasteiger partial charge >= 0.3 is 14.2 Å². The van der Waals surface area contributed by atoms with Gasteiger partial charge in [0.25, 0.3) is 0 Å². The average molecular weight is 1630 g/mol. The van der Waals surface area contributed by atoms with Crippen LogP contribution < -0.4 is 10.9 Å². The van der Waals surface area contributed by atoms with Crippen molar-refractivity contribution in [1.29, 1.82) is 0 Å². The number of benzene rings is 8. The first kappa shape index (κ1) is 69.4. The van der Waals surface area contributed by atoms with Crippen molar-refractivity contribution in [3.8, 4) is 44.5 Å². The second-order valence-corrected chi connectivity index (χ2v) is 31.5. The summed E-state index contributed by atoms with van der Waals surface area (Å²) in [5, 5.41) is 0. The number of unbranched alkanes of at least 4 members (excludes halogenated alkanes) is 10. The summed E-state index contributed by atoms with van der Waals surface area (Å²) in [6.07, 6.45) is 22.1. The van der Waals surface area contributed by atoms with Crippen LogP contribution in [0.4, 0.5) is 0 Å². The highest BCUT2D eigenvalue weighted by Gasteiger charge is 2.52. The highest BCUT2D eigenvalue weighted by atomic mass is 79.9. The van der Waals surface area contributed by atoms with Gasteiger partial charge < -0.3 is 28.1 Å². The van der Waals surface area contributed by atoms with Crippen LogP contribution in [0.5, 0.6) is 0 Å². The highest BCUT2D eigenvalue weighted by molar-refractivity contribution is 9.11. The summed E-state index contributed by atoms with van der Waals surface area (Å²) >= 11 is 22.2. The van der Waals surface area contributed by atoms with Gasteiger partial charge in [0.2, 0.25) is 0 Å². The maximum atomic E-state index is 6.08. The fourth-order valence-corrected chi connectivity index (χ4v) is 18.2. The predicted octanol–water partition coefficient (Wildman–Crippen LogP) is 22.3. The van der Waals surface area contributed by atoms with Gasteiger partial charge in [0.05, 0.1) is 5.41 Å². The molecule has 14 heteroatoms. The predicted molar refractivity (Wildman–Crippen MR) is 407 cm³/mol. The van der Waals surface area contributed by atoms with Crippen LogP contribution in [0.3, 0.4) is 0 Å². The third kappa shape index (κ3) is 14.1. The van der Waals surface area contributed by atoms with Crippen molar-refractivity contribution in [3.63, 3.8) is 0 Å². The van der Waals surface area contributed by atoms with Crippen molar-refractivity contribution in [2.24, 2.45) is 0 Å². The lowest BCUT2D eigenvalue weighted by molar-refractivity contribution is 0.143. The fourth-order valence-electron chi connectivity index (χ4n) is 16.0. The smallest absolute Gasteiger partial charge is 0.407 e. The van der Waals surface area contributed by atoms with Gasteiger partial charge in [-0.1, -0.05) is 259 Å². The first-order chi connectivity index (χ1) is 45.4. The monoisotopic (exact) mass is 1620 g/mol. The standard InChI is InChI=1S/C35H52B2O4.C25H12Br4.C19H20Br2O2/c1-3-5-7-9-11-13-21-35(22-14-12-10-8-6-4-2)33-27-29(36-38-23-15-24-39-36)17-19-31(33)32-20-18-30(28-34(32)35)37-40-25-16-26-41-37;26-13-1-5-17-18-6-2-14(27)10-22(18)25(21(17)9-13)23-11-15(28)3-7-19(23)20-8-4-16(29)12-24(20)25;1-22-9-7-19(8-10-23-2)17-11-13(20)3-5-15(17)16-6-4-14(21)12-18(16)19/h17-20,27-28H,3-16,21-26H2,1-2H3;1-12H;3-6,11-12H,7-10H2,1-2H3. The molecule has 0 bridgehead atoms. The molecule has 6 aliphatic rings. The summed E-state index contributed by atoms with van der Waals surface area (Å²) in [6.45, 7) is 9.14. The molecule has 1 spiro atoms. The Bertz CT molecular complexity index is 3580. The summed E-state index contributed by atoms with van der Waals surface area (Å²) in [6, 6.07) is 54.0. The van der Waals surface area contributed by atoms with E-state index in [9.17, 15) is 0 Å². The van der Waals surface area contributed by atoms with Crippen LogP contribution in [-0.2, 0) is 44.3 Å². The minimum Gasteiger partial charge on any atom is -0.407 e. The van der Waals surface area contributed by atoms with Crippen molar-refractivity contribution >= 4 is 121 Å². The minimum atomic E-state index is -0.337. The van der Waals surface area contributed by atoms with Crippen LogP contribution in [-0.4, -0.2) is 68.1 Å². The lowest BCUT2D eigenvalue weighted by Crippen LogP contribution is -2.42. The Morgan fingerprint density at radius 1 is 0.323 bits per heavy atom. The molecule has 0 N–H and O–H groups in total. The number of ether oxygens (including phenoxy) is 2. The molecular formula is C79H84B2Br6O6. The van der Waals surface area contributed by atoms with Crippen molar-refractivity contribution < 1.29 is 28.1 Å². The Balaban J connectivity index is 0.000000140. The Kier molecular flexibility index (Phi) is 23.6. The van der Waals surface area contributed by atoms with Crippen molar-refractivity contribution in [2.45, 2.75) is 146 Å². The zero-order chi connectivity index (χ0) is 64.7. The molecule has 0 radical (unpaired) electrons. The maximum absolute atomic E-state index is 6.08. The molecule has 0 atom stereocenters. The van der Waals surface area contributed by atoms with Crippen LogP contribution in [0.25, 0.3) is 44.5 Å². The van der Waals surface area contributed by atoms with E-state index in [0.717, 1.165) is 92.2 Å². The number of hydrogen-bond acceptors (Lipinski definition) is 6. The number of halogens is 6. The lowest BCUT2D eigenvalue weighted by atomic mass is 9.67. The topological polar surface area (TPSA) is 55.4 Å². The SMILES string of the molecule is Brc1ccc2c(c1)C1(c3cc(Br)ccc3-2)c2cc(Br)ccc2-c2ccc(Br)cc21.CCCCCCCCC1(CCCCCCCC)c2cc(B3OCCCO3)ccc2-c2ccc(B3OCCCO3)cc21.COCCC1(CCOC)c2cc(Br)ccc2-c2ccc(Br)cc21. The molecule has 0 saturated carbocycles. The summed E-state index contributed by atoms with van der Waals surface area (Å²) in [7, 11) is 3.03. The van der Waals surface area contributed by atoms with Crippen molar-refractivity contribution in [3.05, 3.63) is 217 Å². The number of fused-ring (bicyclic) bond motifs is 16. The molecule has 6 nitrogen and oxygen atoms in total. The van der Waals surface area contributed by atoms with E-state index in [-0.39, 0.29) is 30.5 Å². The quantitative estimate of drug-likeness (QED) is 0.0498. The molecule has 2 heterocycles. The van der Waals surface area contributed by atoms with E-state index in [0.29, 0.717) is 0 Å². The maximum Gasteiger partial charge on any atom is 0.493 e. The number of methoxy groups -OCH3 is 2. The zero-order valence-corrected chi connectivity index (χ0v) is 63.7. The second kappa shape index (κ2) is 31.6. The Morgan fingerprint density at radius 3 is 0.892 bits per heavy atom. The molecule has 2 aliphatic heterocycles. The molecule has 0 aromatic heterocycles. The fraction of sp³-hybridized carbons (Fsp3) is 0.392. The lowest BCUT2D eigenvalue weighted by Gasteiger charge is -2.34. The van der Waals surface area contributed by atoms with Gasteiger partial charge in [-0.2, -0.15) is 0 Å². The van der Waals surface area contributed by atoms with Gasteiger partial charge in [0, 0.05) is 91.5 Å². The van der Waals surface area contributed by atoms with E-state index in [1.54, 1.807) is 14.2 Å². The normalized spacial score (nSPS) is 16.1. The molecule has 8 aromatic rings. The number of rotatable bonds is 22. The molecule has 484 valence electrons.